The molecule has 0 bridgehead atoms. The van der Waals surface area contributed by atoms with Gasteiger partial charge in [0.15, 0.2) is 0 Å². The first kappa shape index (κ1) is 9.56. The standard InChI is InChI=1S/C10H17O2/c1-3-10(2)6-9(7-10)4-5-12-8-11/h9H,3-7H2,1-2H3. The van der Waals surface area contributed by atoms with Crippen LogP contribution in [0.5, 0.6) is 0 Å². The van der Waals surface area contributed by atoms with E-state index in [9.17, 15) is 4.79 Å². The van der Waals surface area contributed by atoms with Gasteiger partial charge in [-0.05, 0) is 30.6 Å². The lowest BCUT2D eigenvalue weighted by atomic mass is 9.61. The Morgan fingerprint density at radius 2 is 2.25 bits per heavy atom. The van der Waals surface area contributed by atoms with Crippen LogP contribution < -0.4 is 0 Å². The molecule has 1 rings (SSSR count). The Balaban J connectivity index is 2.05. The van der Waals surface area contributed by atoms with E-state index < -0.39 is 0 Å². The van der Waals surface area contributed by atoms with Gasteiger partial charge in [-0.1, -0.05) is 20.3 Å². The third kappa shape index (κ3) is 2.23. The first-order valence-corrected chi connectivity index (χ1v) is 4.69. The smallest absolute Gasteiger partial charge is 0.417 e. The van der Waals surface area contributed by atoms with Crippen LogP contribution in [0, 0.1) is 11.3 Å². The maximum Gasteiger partial charge on any atom is 0.417 e. The molecule has 0 spiro atoms. The van der Waals surface area contributed by atoms with Crippen LogP contribution in [0.4, 0.5) is 0 Å². The van der Waals surface area contributed by atoms with Gasteiger partial charge in [0.05, 0.1) is 6.61 Å². The highest BCUT2D eigenvalue weighted by Crippen LogP contribution is 2.48. The van der Waals surface area contributed by atoms with Gasteiger partial charge in [-0.2, -0.15) is 0 Å². The Kier molecular flexibility index (Phi) is 3.12. The highest BCUT2D eigenvalue weighted by molar-refractivity contribution is 5.38. The second kappa shape index (κ2) is 3.92. The van der Waals surface area contributed by atoms with E-state index in [1.807, 2.05) is 0 Å². The molecule has 2 heteroatoms. The first-order chi connectivity index (χ1) is 5.70. The van der Waals surface area contributed by atoms with Crippen molar-refractivity contribution in [2.24, 2.45) is 11.3 Å². The van der Waals surface area contributed by atoms with Crippen LogP contribution in [0.15, 0.2) is 0 Å². The lowest BCUT2D eigenvalue weighted by Crippen LogP contribution is -2.34. The second-order valence-electron chi connectivity index (χ2n) is 4.16. The molecular formula is C10H17O2. The monoisotopic (exact) mass is 169 g/mol. The van der Waals surface area contributed by atoms with Gasteiger partial charge >= 0.3 is 6.47 Å². The van der Waals surface area contributed by atoms with Gasteiger partial charge < -0.3 is 4.74 Å². The average molecular weight is 169 g/mol. The van der Waals surface area contributed by atoms with Gasteiger partial charge in [0.2, 0.25) is 0 Å². The zero-order valence-corrected chi connectivity index (χ0v) is 7.93. The Bertz CT molecular complexity index is 148. The SMILES string of the molecule is CCC1(C)CC(CCO[C]=O)C1. The molecule has 0 heterocycles. The molecule has 1 saturated carbocycles. The van der Waals surface area contributed by atoms with Crippen molar-refractivity contribution in [2.45, 2.75) is 39.5 Å². The van der Waals surface area contributed by atoms with Crippen molar-refractivity contribution in [3.8, 4) is 0 Å². The summed E-state index contributed by atoms with van der Waals surface area (Å²) in [6, 6.07) is 0. The number of carbonyl (C=O) groups excluding carboxylic acids is 1. The van der Waals surface area contributed by atoms with Gasteiger partial charge in [-0.25, -0.2) is 4.79 Å². The number of hydrogen-bond acceptors (Lipinski definition) is 2. The van der Waals surface area contributed by atoms with E-state index >= 15 is 0 Å². The van der Waals surface area contributed by atoms with E-state index in [1.54, 1.807) is 0 Å². The predicted molar refractivity (Wildman–Crippen MR) is 47.4 cm³/mol. The number of rotatable bonds is 5. The summed E-state index contributed by atoms with van der Waals surface area (Å²) in [5.41, 5.74) is 0.579. The van der Waals surface area contributed by atoms with E-state index in [-0.39, 0.29) is 0 Å². The summed E-state index contributed by atoms with van der Waals surface area (Å²) in [7, 11) is 0. The predicted octanol–water partition coefficient (Wildman–Crippen LogP) is 2.29. The van der Waals surface area contributed by atoms with Gasteiger partial charge in [-0.15, -0.1) is 0 Å². The van der Waals surface area contributed by atoms with Crippen LogP contribution in [-0.2, 0) is 9.53 Å². The maximum absolute atomic E-state index is 9.73. The minimum absolute atomic E-state index is 0.550. The van der Waals surface area contributed by atoms with Crippen molar-refractivity contribution in [3.05, 3.63) is 0 Å². The van der Waals surface area contributed by atoms with Crippen LogP contribution in [-0.4, -0.2) is 13.1 Å². The normalized spacial score (nSPS) is 34.0. The van der Waals surface area contributed by atoms with Crippen molar-refractivity contribution in [3.63, 3.8) is 0 Å². The Hall–Kier alpha value is -0.530. The topological polar surface area (TPSA) is 26.3 Å². The molecule has 1 fully saturated rings. The van der Waals surface area contributed by atoms with Crippen LogP contribution in [0.3, 0.4) is 0 Å². The maximum atomic E-state index is 9.73. The van der Waals surface area contributed by atoms with Gasteiger partial charge in [0, 0.05) is 0 Å². The van der Waals surface area contributed by atoms with Crippen LogP contribution in [0.25, 0.3) is 0 Å². The van der Waals surface area contributed by atoms with Crippen molar-refractivity contribution >= 4 is 6.47 Å². The molecule has 1 radical (unpaired) electrons. The van der Waals surface area contributed by atoms with E-state index in [2.05, 4.69) is 18.6 Å². The largest absolute Gasteiger partial charge is 0.457 e. The van der Waals surface area contributed by atoms with Crippen molar-refractivity contribution in [2.75, 3.05) is 6.61 Å². The van der Waals surface area contributed by atoms with E-state index in [0.29, 0.717) is 12.0 Å². The molecule has 0 aromatic rings. The van der Waals surface area contributed by atoms with Crippen LogP contribution in [0.2, 0.25) is 0 Å². The molecule has 0 amide bonds. The second-order valence-corrected chi connectivity index (χ2v) is 4.16. The Morgan fingerprint density at radius 1 is 1.58 bits per heavy atom. The van der Waals surface area contributed by atoms with Gasteiger partial charge in [-0.3, -0.25) is 0 Å². The third-order valence-corrected chi connectivity index (χ3v) is 3.10. The molecule has 0 saturated heterocycles. The fraction of sp³-hybridized carbons (Fsp3) is 0.900. The summed E-state index contributed by atoms with van der Waals surface area (Å²) < 4.78 is 4.54. The summed E-state index contributed by atoms with van der Waals surface area (Å²) in [5, 5.41) is 0. The number of hydrogen-bond donors (Lipinski definition) is 0. The summed E-state index contributed by atoms with van der Waals surface area (Å²) in [4.78, 5) is 9.73. The third-order valence-electron chi connectivity index (χ3n) is 3.10. The highest BCUT2D eigenvalue weighted by Gasteiger charge is 2.37. The number of ether oxygens (including phenoxy) is 1. The summed E-state index contributed by atoms with van der Waals surface area (Å²) >= 11 is 0. The molecule has 0 N–H and O–H groups in total. The molecule has 0 unspecified atom stereocenters. The van der Waals surface area contributed by atoms with Gasteiger partial charge in [0.25, 0.3) is 0 Å². The Morgan fingerprint density at radius 3 is 2.75 bits per heavy atom. The van der Waals surface area contributed by atoms with E-state index in [4.69, 9.17) is 0 Å². The van der Waals surface area contributed by atoms with Crippen molar-refractivity contribution in [1.82, 2.24) is 0 Å². The molecular weight excluding hydrogens is 152 g/mol. The Labute approximate surface area is 74.3 Å². The zero-order valence-electron chi connectivity index (χ0n) is 7.93. The molecule has 0 aromatic heterocycles. The lowest BCUT2D eigenvalue weighted by Gasteiger charge is -2.45. The quantitative estimate of drug-likeness (QED) is 0.590. The fourth-order valence-corrected chi connectivity index (χ4v) is 2.09. The van der Waals surface area contributed by atoms with Crippen molar-refractivity contribution < 1.29 is 9.53 Å². The van der Waals surface area contributed by atoms with E-state index in [0.717, 1.165) is 12.3 Å². The summed E-state index contributed by atoms with van der Waals surface area (Å²) in [5.74, 6) is 0.781. The minimum Gasteiger partial charge on any atom is -0.457 e. The molecule has 1 aliphatic rings. The van der Waals surface area contributed by atoms with Crippen LogP contribution >= 0.6 is 0 Å². The summed E-state index contributed by atoms with van der Waals surface area (Å²) in [6.07, 6.45) is 4.88. The molecule has 1 aliphatic carbocycles. The molecule has 2 nitrogen and oxygen atoms in total. The molecule has 0 aromatic carbocycles. The summed E-state index contributed by atoms with van der Waals surface area (Å²) in [6.45, 7) is 6.58. The zero-order chi connectivity index (χ0) is 9.03. The lowest BCUT2D eigenvalue weighted by molar-refractivity contribution is 0.0533. The minimum atomic E-state index is 0.550. The van der Waals surface area contributed by atoms with Crippen LogP contribution in [0.1, 0.15) is 39.5 Å². The highest BCUT2D eigenvalue weighted by atomic mass is 16.5. The molecule has 0 atom stereocenters. The first-order valence-electron chi connectivity index (χ1n) is 4.69. The van der Waals surface area contributed by atoms with Gasteiger partial charge in [0.1, 0.15) is 0 Å². The van der Waals surface area contributed by atoms with E-state index in [1.165, 1.54) is 25.7 Å². The van der Waals surface area contributed by atoms with Crippen molar-refractivity contribution in [1.29, 1.82) is 0 Å². The fourth-order valence-electron chi connectivity index (χ4n) is 2.09. The molecule has 69 valence electrons. The average Bonchev–Trinajstić information content (AvgIpc) is 2.01. The molecule has 12 heavy (non-hydrogen) atoms. The molecule has 0 aliphatic heterocycles.